The van der Waals surface area contributed by atoms with Crippen molar-refractivity contribution >= 4 is 5.91 Å². The Morgan fingerprint density at radius 3 is 3.00 bits per heavy atom. The summed E-state index contributed by atoms with van der Waals surface area (Å²) in [6.45, 7) is 7.16. The van der Waals surface area contributed by atoms with Crippen LogP contribution in [0, 0.1) is 0 Å². The predicted octanol–water partition coefficient (Wildman–Crippen LogP) is 0.213. The smallest absolute Gasteiger partial charge is 0.234 e. The number of hydrogen-bond donors (Lipinski definition) is 2. The number of ether oxygens (including phenoxy) is 1. The van der Waals surface area contributed by atoms with Crippen molar-refractivity contribution in [2.24, 2.45) is 0 Å². The Morgan fingerprint density at radius 1 is 1.56 bits per heavy atom. The summed E-state index contributed by atoms with van der Waals surface area (Å²) >= 11 is 0. The molecule has 1 heterocycles. The molecule has 0 radical (unpaired) electrons. The van der Waals surface area contributed by atoms with Crippen LogP contribution in [0.25, 0.3) is 0 Å². The molecule has 0 aromatic carbocycles. The Bertz CT molecular complexity index is 230. The van der Waals surface area contributed by atoms with Gasteiger partial charge in [0.1, 0.15) is 0 Å². The molecule has 106 valence electrons. The van der Waals surface area contributed by atoms with Crippen molar-refractivity contribution < 1.29 is 9.53 Å². The molecular weight excluding hydrogens is 230 g/mol. The van der Waals surface area contributed by atoms with Crippen LogP contribution >= 0.6 is 0 Å². The molecule has 2 N–H and O–H groups in total. The van der Waals surface area contributed by atoms with E-state index in [0.717, 1.165) is 38.9 Å². The van der Waals surface area contributed by atoms with Gasteiger partial charge in [0.25, 0.3) is 0 Å². The molecule has 0 spiro atoms. The highest BCUT2D eigenvalue weighted by molar-refractivity contribution is 5.78. The third kappa shape index (κ3) is 5.80. The largest absolute Gasteiger partial charge is 0.385 e. The molecule has 18 heavy (non-hydrogen) atoms. The molecule has 0 aromatic rings. The lowest BCUT2D eigenvalue weighted by molar-refractivity contribution is -0.122. The van der Waals surface area contributed by atoms with Crippen LogP contribution in [0.15, 0.2) is 0 Å². The van der Waals surface area contributed by atoms with Crippen molar-refractivity contribution in [3.05, 3.63) is 0 Å². The van der Waals surface area contributed by atoms with Crippen LogP contribution in [0.4, 0.5) is 0 Å². The lowest BCUT2D eigenvalue weighted by atomic mass is 10.2. The maximum Gasteiger partial charge on any atom is 0.234 e. The number of hydrogen-bond acceptors (Lipinski definition) is 4. The maximum atomic E-state index is 11.8. The van der Waals surface area contributed by atoms with Crippen molar-refractivity contribution in [1.82, 2.24) is 15.5 Å². The molecule has 0 aliphatic carbocycles. The molecule has 1 amide bonds. The Balaban J connectivity index is 2.24. The van der Waals surface area contributed by atoms with E-state index in [0.29, 0.717) is 25.7 Å². The second kappa shape index (κ2) is 9.30. The number of amides is 1. The molecule has 1 atom stereocenters. The van der Waals surface area contributed by atoms with Crippen molar-refractivity contribution in [2.75, 3.05) is 46.4 Å². The van der Waals surface area contributed by atoms with E-state index in [1.807, 2.05) is 0 Å². The average Bonchev–Trinajstić information content (AvgIpc) is 2.88. The highest BCUT2D eigenvalue weighted by Crippen LogP contribution is 2.08. The summed E-state index contributed by atoms with van der Waals surface area (Å²) in [5, 5.41) is 6.30. The van der Waals surface area contributed by atoms with Crippen molar-refractivity contribution in [2.45, 2.75) is 32.2 Å². The predicted molar refractivity (Wildman–Crippen MR) is 72.6 cm³/mol. The van der Waals surface area contributed by atoms with E-state index in [4.69, 9.17) is 4.74 Å². The van der Waals surface area contributed by atoms with Gasteiger partial charge in [-0.25, -0.2) is 0 Å². The summed E-state index contributed by atoms with van der Waals surface area (Å²) in [5.41, 5.74) is 0. The number of carbonyl (C=O) groups is 1. The van der Waals surface area contributed by atoms with Gasteiger partial charge in [-0.2, -0.15) is 0 Å². The van der Waals surface area contributed by atoms with E-state index in [-0.39, 0.29) is 5.91 Å². The number of nitrogens with zero attached hydrogens (tertiary/aromatic N) is 1. The number of nitrogens with one attached hydrogen (secondary N) is 2. The van der Waals surface area contributed by atoms with E-state index < -0.39 is 0 Å². The molecule has 1 saturated heterocycles. The minimum atomic E-state index is 0.131. The number of rotatable bonds is 9. The van der Waals surface area contributed by atoms with Crippen LogP contribution in [0.5, 0.6) is 0 Å². The van der Waals surface area contributed by atoms with Gasteiger partial charge in [-0.1, -0.05) is 6.92 Å². The summed E-state index contributed by atoms with van der Waals surface area (Å²) in [7, 11) is 1.68. The van der Waals surface area contributed by atoms with Gasteiger partial charge in [-0.05, 0) is 32.4 Å². The summed E-state index contributed by atoms with van der Waals surface area (Å²) in [4.78, 5) is 14.1. The highest BCUT2D eigenvalue weighted by Gasteiger charge is 2.23. The Kier molecular flexibility index (Phi) is 7.96. The number of methoxy groups -OCH3 is 1. The quantitative estimate of drug-likeness (QED) is 0.580. The van der Waals surface area contributed by atoms with E-state index in [2.05, 4.69) is 22.5 Å². The fraction of sp³-hybridized carbons (Fsp3) is 0.923. The molecule has 1 unspecified atom stereocenters. The molecule has 0 aromatic heterocycles. The van der Waals surface area contributed by atoms with Gasteiger partial charge in [0.05, 0.1) is 6.54 Å². The molecular formula is C13H27N3O2. The second-order valence-electron chi connectivity index (χ2n) is 4.81. The summed E-state index contributed by atoms with van der Waals surface area (Å²) in [6.07, 6.45) is 3.12. The first-order chi connectivity index (χ1) is 8.77. The lowest BCUT2D eigenvalue weighted by Crippen LogP contribution is -2.44. The summed E-state index contributed by atoms with van der Waals surface area (Å²) < 4.78 is 4.95. The fourth-order valence-electron chi connectivity index (χ4n) is 2.31. The molecule has 5 heteroatoms. The first-order valence-electron chi connectivity index (χ1n) is 6.98. The Labute approximate surface area is 110 Å². The topological polar surface area (TPSA) is 53.6 Å². The van der Waals surface area contributed by atoms with Crippen LogP contribution in [0.3, 0.4) is 0 Å². The van der Waals surface area contributed by atoms with Crippen LogP contribution in [0.1, 0.15) is 26.2 Å². The third-order valence-electron chi connectivity index (χ3n) is 3.26. The number of carbonyl (C=O) groups excluding carboxylic acids is 1. The van der Waals surface area contributed by atoms with Crippen LogP contribution in [-0.4, -0.2) is 63.3 Å². The average molecular weight is 257 g/mol. The van der Waals surface area contributed by atoms with E-state index in [1.165, 1.54) is 0 Å². The molecule has 0 saturated carbocycles. The van der Waals surface area contributed by atoms with Crippen molar-refractivity contribution in [1.29, 1.82) is 0 Å². The van der Waals surface area contributed by atoms with Gasteiger partial charge in [0.15, 0.2) is 0 Å². The lowest BCUT2D eigenvalue weighted by Gasteiger charge is -2.27. The van der Waals surface area contributed by atoms with Crippen LogP contribution in [0.2, 0.25) is 0 Å². The maximum absolute atomic E-state index is 11.8. The first-order valence-corrected chi connectivity index (χ1v) is 6.98. The SMILES string of the molecule is CCCN(CC(=O)NCCCOC)C1CCNC1. The van der Waals surface area contributed by atoms with Gasteiger partial charge < -0.3 is 15.4 Å². The second-order valence-corrected chi connectivity index (χ2v) is 4.81. The summed E-state index contributed by atoms with van der Waals surface area (Å²) in [5.74, 6) is 0.131. The van der Waals surface area contributed by atoms with Gasteiger partial charge in [0, 0.05) is 32.8 Å². The normalized spacial score (nSPS) is 19.4. The molecule has 1 aliphatic heterocycles. The zero-order valence-corrected chi connectivity index (χ0v) is 11.7. The fourth-order valence-corrected chi connectivity index (χ4v) is 2.31. The minimum absolute atomic E-state index is 0.131. The highest BCUT2D eigenvalue weighted by atomic mass is 16.5. The monoisotopic (exact) mass is 257 g/mol. The third-order valence-corrected chi connectivity index (χ3v) is 3.26. The van der Waals surface area contributed by atoms with Gasteiger partial charge in [-0.15, -0.1) is 0 Å². The van der Waals surface area contributed by atoms with Crippen molar-refractivity contribution in [3.8, 4) is 0 Å². The summed E-state index contributed by atoms with van der Waals surface area (Å²) in [6, 6.07) is 0.523. The Morgan fingerprint density at radius 2 is 2.39 bits per heavy atom. The van der Waals surface area contributed by atoms with Crippen molar-refractivity contribution in [3.63, 3.8) is 0 Å². The van der Waals surface area contributed by atoms with E-state index in [9.17, 15) is 4.79 Å². The van der Waals surface area contributed by atoms with Crippen LogP contribution in [-0.2, 0) is 9.53 Å². The minimum Gasteiger partial charge on any atom is -0.385 e. The van der Waals surface area contributed by atoms with E-state index in [1.54, 1.807) is 7.11 Å². The molecule has 1 aliphatic rings. The molecule has 1 fully saturated rings. The zero-order chi connectivity index (χ0) is 13.2. The standard InChI is InChI=1S/C13H27N3O2/c1-3-8-16(12-5-7-14-10-12)11-13(17)15-6-4-9-18-2/h12,14H,3-11H2,1-2H3,(H,15,17). The van der Waals surface area contributed by atoms with Crippen LogP contribution < -0.4 is 10.6 Å². The first kappa shape index (κ1) is 15.4. The molecule has 1 rings (SSSR count). The van der Waals surface area contributed by atoms with E-state index >= 15 is 0 Å². The van der Waals surface area contributed by atoms with Gasteiger partial charge in [-0.3, -0.25) is 9.69 Å². The van der Waals surface area contributed by atoms with Gasteiger partial charge >= 0.3 is 0 Å². The molecule has 5 nitrogen and oxygen atoms in total. The van der Waals surface area contributed by atoms with Gasteiger partial charge in [0.2, 0.25) is 5.91 Å². The zero-order valence-electron chi connectivity index (χ0n) is 11.7. The Hall–Kier alpha value is -0.650. The molecule has 0 bridgehead atoms.